The van der Waals surface area contributed by atoms with Gasteiger partial charge in [-0.2, -0.15) is 4.31 Å². The molecule has 0 radical (unpaired) electrons. The van der Waals surface area contributed by atoms with E-state index in [9.17, 15) is 8.42 Å². The first-order chi connectivity index (χ1) is 9.60. The van der Waals surface area contributed by atoms with E-state index in [1.54, 1.807) is 7.11 Å². The molecule has 0 saturated heterocycles. The number of hydrogen-bond acceptors (Lipinski definition) is 4. The quantitative estimate of drug-likeness (QED) is 0.615. The molecule has 0 bridgehead atoms. The summed E-state index contributed by atoms with van der Waals surface area (Å²) in [5.74, 6) is -0.00259. The van der Waals surface area contributed by atoms with E-state index in [-0.39, 0.29) is 12.4 Å². The molecule has 0 N–H and O–H groups in total. The smallest absolute Gasteiger partial charge is 0.216 e. The second kappa shape index (κ2) is 9.07. The molecular weight excluding hydrogens is 278 g/mol. The van der Waals surface area contributed by atoms with E-state index in [1.165, 1.54) is 4.31 Å². The maximum atomic E-state index is 12.2. The molecule has 0 fully saturated rings. The Kier molecular flexibility index (Phi) is 7.76. The van der Waals surface area contributed by atoms with Gasteiger partial charge < -0.3 is 9.47 Å². The maximum absolute atomic E-state index is 12.2. The summed E-state index contributed by atoms with van der Waals surface area (Å²) in [6, 6.07) is 9.58. The van der Waals surface area contributed by atoms with E-state index < -0.39 is 10.0 Å². The van der Waals surface area contributed by atoms with Crippen LogP contribution in [-0.4, -0.2) is 52.0 Å². The lowest BCUT2D eigenvalue weighted by Gasteiger charge is -2.20. The minimum Gasteiger partial charge on any atom is -0.382 e. The van der Waals surface area contributed by atoms with Crippen molar-refractivity contribution in [1.29, 1.82) is 0 Å². The van der Waals surface area contributed by atoms with Crippen LogP contribution < -0.4 is 0 Å². The summed E-state index contributed by atoms with van der Waals surface area (Å²) < 4.78 is 36.0. The molecular formula is C14H23NO4S. The van der Waals surface area contributed by atoms with Gasteiger partial charge in [0, 0.05) is 20.2 Å². The molecule has 0 atom stereocenters. The zero-order valence-corrected chi connectivity index (χ0v) is 12.9. The molecule has 0 heterocycles. The number of benzene rings is 1. The molecule has 0 aliphatic carbocycles. The molecule has 0 aliphatic heterocycles. The molecule has 0 spiro atoms. The summed E-state index contributed by atoms with van der Waals surface area (Å²) in [7, 11) is -1.71. The standard InChI is InChI=1S/C14H23NO4S/c1-3-15(13-14-7-5-4-6-8-14)20(16,17)12-11-19-10-9-18-2/h4-8H,3,9-13H2,1-2H3. The predicted octanol–water partition coefficient (Wildman–Crippen LogP) is 1.50. The fourth-order valence-corrected chi connectivity index (χ4v) is 3.06. The van der Waals surface area contributed by atoms with Crippen LogP contribution in [0.1, 0.15) is 12.5 Å². The Hall–Kier alpha value is -0.950. The van der Waals surface area contributed by atoms with E-state index in [1.807, 2.05) is 37.3 Å². The van der Waals surface area contributed by atoms with E-state index in [2.05, 4.69) is 0 Å². The predicted molar refractivity (Wildman–Crippen MR) is 79.0 cm³/mol. The molecule has 1 aromatic carbocycles. The zero-order chi connectivity index (χ0) is 14.8. The summed E-state index contributed by atoms with van der Waals surface area (Å²) >= 11 is 0. The van der Waals surface area contributed by atoms with Gasteiger partial charge in [0.2, 0.25) is 10.0 Å². The van der Waals surface area contributed by atoms with Crippen LogP contribution in [0.25, 0.3) is 0 Å². The van der Waals surface area contributed by atoms with Crippen molar-refractivity contribution in [3.8, 4) is 0 Å². The fraction of sp³-hybridized carbons (Fsp3) is 0.571. The van der Waals surface area contributed by atoms with E-state index in [4.69, 9.17) is 9.47 Å². The van der Waals surface area contributed by atoms with Crippen molar-refractivity contribution in [2.45, 2.75) is 13.5 Å². The fourth-order valence-electron chi connectivity index (χ4n) is 1.73. The van der Waals surface area contributed by atoms with Crippen LogP contribution in [0.2, 0.25) is 0 Å². The average molecular weight is 301 g/mol. The summed E-state index contributed by atoms with van der Waals surface area (Å²) in [5, 5.41) is 0. The van der Waals surface area contributed by atoms with Gasteiger partial charge in [-0.15, -0.1) is 0 Å². The molecule has 0 unspecified atom stereocenters. The molecule has 6 heteroatoms. The summed E-state index contributed by atoms with van der Waals surface area (Å²) in [5.41, 5.74) is 0.984. The molecule has 114 valence electrons. The third kappa shape index (κ3) is 6.00. The molecule has 5 nitrogen and oxygen atoms in total. The number of ether oxygens (including phenoxy) is 2. The first-order valence-electron chi connectivity index (χ1n) is 6.68. The van der Waals surface area contributed by atoms with Gasteiger partial charge in [0.1, 0.15) is 0 Å². The largest absolute Gasteiger partial charge is 0.382 e. The van der Waals surface area contributed by atoms with Crippen LogP contribution in [0.5, 0.6) is 0 Å². The Bertz CT molecular complexity index is 461. The Morgan fingerprint density at radius 2 is 1.80 bits per heavy atom. The normalized spacial score (nSPS) is 11.9. The van der Waals surface area contributed by atoms with Gasteiger partial charge in [-0.05, 0) is 5.56 Å². The molecule has 0 saturated carbocycles. The van der Waals surface area contributed by atoms with Crippen molar-refractivity contribution >= 4 is 10.0 Å². The molecule has 0 amide bonds. The highest BCUT2D eigenvalue weighted by molar-refractivity contribution is 7.89. The lowest BCUT2D eigenvalue weighted by molar-refractivity contribution is 0.0781. The van der Waals surface area contributed by atoms with Crippen molar-refractivity contribution in [3.05, 3.63) is 35.9 Å². The number of nitrogens with zero attached hydrogens (tertiary/aromatic N) is 1. The van der Waals surface area contributed by atoms with Crippen molar-refractivity contribution in [1.82, 2.24) is 4.31 Å². The van der Waals surface area contributed by atoms with Crippen LogP contribution in [0.3, 0.4) is 0 Å². The van der Waals surface area contributed by atoms with Gasteiger partial charge in [-0.1, -0.05) is 37.3 Å². The number of methoxy groups -OCH3 is 1. The van der Waals surface area contributed by atoms with Gasteiger partial charge in [0.15, 0.2) is 0 Å². The van der Waals surface area contributed by atoms with E-state index in [0.29, 0.717) is 26.3 Å². The second-order valence-electron chi connectivity index (χ2n) is 4.33. The van der Waals surface area contributed by atoms with Crippen molar-refractivity contribution in [3.63, 3.8) is 0 Å². The second-order valence-corrected chi connectivity index (χ2v) is 6.42. The molecule has 20 heavy (non-hydrogen) atoms. The Morgan fingerprint density at radius 1 is 1.10 bits per heavy atom. The van der Waals surface area contributed by atoms with Crippen LogP contribution in [-0.2, 0) is 26.0 Å². The van der Waals surface area contributed by atoms with Gasteiger partial charge in [0.05, 0.1) is 25.6 Å². The summed E-state index contributed by atoms with van der Waals surface area (Å²) in [4.78, 5) is 0. The first-order valence-corrected chi connectivity index (χ1v) is 8.29. The minimum atomic E-state index is -3.29. The Labute approximate surface area is 121 Å². The number of hydrogen-bond donors (Lipinski definition) is 0. The number of rotatable bonds is 10. The Morgan fingerprint density at radius 3 is 2.40 bits per heavy atom. The molecule has 0 aromatic heterocycles. The van der Waals surface area contributed by atoms with Crippen molar-refractivity contribution < 1.29 is 17.9 Å². The van der Waals surface area contributed by atoms with Crippen LogP contribution >= 0.6 is 0 Å². The summed E-state index contributed by atoms with van der Waals surface area (Å²) in [6.45, 7) is 3.77. The minimum absolute atomic E-state index is 0.00259. The third-order valence-corrected chi connectivity index (χ3v) is 4.72. The maximum Gasteiger partial charge on any atom is 0.216 e. The third-order valence-electron chi connectivity index (χ3n) is 2.87. The van der Waals surface area contributed by atoms with Crippen LogP contribution in [0, 0.1) is 0 Å². The monoisotopic (exact) mass is 301 g/mol. The van der Waals surface area contributed by atoms with Crippen molar-refractivity contribution in [2.24, 2.45) is 0 Å². The average Bonchev–Trinajstić information content (AvgIpc) is 2.45. The molecule has 1 rings (SSSR count). The van der Waals surface area contributed by atoms with E-state index >= 15 is 0 Å². The molecule has 0 aliphatic rings. The summed E-state index contributed by atoms with van der Waals surface area (Å²) in [6.07, 6.45) is 0. The van der Waals surface area contributed by atoms with Crippen molar-refractivity contribution in [2.75, 3.05) is 39.2 Å². The highest BCUT2D eigenvalue weighted by Crippen LogP contribution is 2.09. The topological polar surface area (TPSA) is 55.8 Å². The zero-order valence-electron chi connectivity index (χ0n) is 12.1. The Balaban J connectivity index is 2.50. The van der Waals surface area contributed by atoms with Gasteiger partial charge >= 0.3 is 0 Å². The molecule has 1 aromatic rings. The van der Waals surface area contributed by atoms with Crippen LogP contribution in [0.15, 0.2) is 30.3 Å². The first kappa shape index (κ1) is 17.1. The highest BCUT2D eigenvalue weighted by atomic mass is 32.2. The van der Waals surface area contributed by atoms with E-state index in [0.717, 1.165) is 5.56 Å². The highest BCUT2D eigenvalue weighted by Gasteiger charge is 2.20. The SMILES string of the molecule is CCN(Cc1ccccc1)S(=O)(=O)CCOCCOC. The number of sulfonamides is 1. The van der Waals surface area contributed by atoms with Gasteiger partial charge in [-0.3, -0.25) is 0 Å². The van der Waals surface area contributed by atoms with Crippen LogP contribution in [0.4, 0.5) is 0 Å². The lowest BCUT2D eigenvalue weighted by atomic mass is 10.2. The van der Waals surface area contributed by atoms with Gasteiger partial charge in [0.25, 0.3) is 0 Å². The van der Waals surface area contributed by atoms with Gasteiger partial charge in [-0.25, -0.2) is 8.42 Å². The lowest BCUT2D eigenvalue weighted by Crippen LogP contribution is -2.34.